The molecule has 0 aliphatic carbocycles. The van der Waals surface area contributed by atoms with E-state index in [-0.39, 0.29) is 17.7 Å². The van der Waals surface area contributed by atoms with Gasteiger partial charge in [0.2, 0.25) is 0 Å². The van der Waals surface area contributed by atoms with Crippen molar-refractivity contribution in [2.24, 2.45) is 0 Å². The highest BCUT2D eigenvalue weighted by Gasteiger charge is 2.25. The zero-order valence-corrected chi connectivity index (χ0v) is 11.6. The summed E-state index contributed by atoms with van der Waals surface area (Å²) >= 11 is 0. The number of ether oxygens (including phenoxy) is 1. The predicted molar refractivity (Wildman–Crippen MR) is 68.7 cm³/mol. The summed E-state index contributed by atoms with van der Waals surface area (Å²) in [7, 11) is 0. The van der Waals surface area contributed by atoms with Gasteiger partial charge in [-0.2, -0.15) is 0 Å². The summed E-state index contributed by atoms with van der Waals surface area (Å²) in [4.78, 5) is 0. The highest BCUT2D eigenvalue weighted by molar-refractivity contribution is 4.85. The Bertz CT molecular complexity index is 171. The molecule has 0 aromatic rings. The van der Waals surface area contributed by atoms with E-state index in [0.29, 0.717) is 0 Å². The normalized spacial score (nSPS) is 16.1. The van der Waals surface area contributed by atoms with E-state index in [1.54, 1.807) is 0 Å². The van der Waals surface area contributed by atoms with E-state index < -0.39 is 0 Å². The van der Waals surface area contributed by atoms with Crippen molar-refractivity contribution in [2.45, 2.75) is 65.0 Å². The van der Waals surface area contributed by atoms with E-state index in [0.717, 1.165) is 32.4 Å². The van der Waals surface area contributed by atoms with E-state index in [9.17, 15) is 5.11 Å². The summed E-state index contributed by atoms with van der Waals surface area (Å²) in [6.07, 6.45) is 2.90. The first-order valence-electron chi connectivity index (χ1n) is 6.39. The van der Waals surface area contributed by atoms with E-state index in [1.807, 2.05) is 0 Å². The van der Waals surface area contributed by atoms with Gasteiger partial charge in [-0.25, -0.2) is 0 Å². The Hall–Kier alpha value is -0.120. The standard InChI is InChI=1S/C13H29NO2/c1-6-13(11-15,14-7-2)9-8-10-16-12(3,4)5/h14-15H,6-11H2,1-5H3. The smallest absolute Gasteiger partial charge is 0.0613 e. The van der Waals surface area contributed by atoms with Crippen LogP contribution in [0.15, 0.2) is 0 Å². The molecule has 0 spiro atoms. The van der Waals surface area contributed by atoms with E-state index >= 15 is 0 Å². The number of nitrogens with one attached hydrogen (secondary N) is 1. The maximum atomic E-state index is 9.46. The molecule has 0 aliphatic rings. The van der Waals surface area contributed by atoms with Gasteiger partial charge in [-0.15, -0.1) is 0 Å². The van der Waals surface area contributed by atoms with Crippen LogP contribution in [-0.2, 0) is 4.74 Å². The molecular formula is C13H29NO2. The van der Waals surface area contributed by atoms with Crippen molar-refractivity contribution in [3.63, 3.8) is 0 Å². The molecule has 16 heavy (non-hydrogen) atoms. The summed E-state index contributed by atoms with van der Waals surface area (Å²) in [5.41, 5.74) is -0.178. The number of aliphatic hydroxyl groups is 1. The lowest BCUT2D eigenvalue weighted by atomic mass is 9.91. The maximum absolute atomic E-state index is 9.46. The van der Waals surface area contributed by atoms with Gasteiger partial charge in [0.15, 0.2) is 0 Å². The van der Waals surface area contributed by atoms with Gasteiger partial charge < -0.3 is 15.2 Å². The molecule has 0 radical (unpaired) electrons. The molecule has 0 fully saturated rings. The lowest BCUT2D eigenvalue weighted by molar-refractivity contribution is -0.00868. The minimum Gasteiger partial charge on any atom is -0.394 e. The number of hydrogen-bond donors (Lipinski definition) is 2. The van der Waals surface area contributed by atoms with Gasteiger partial charge >= 0.3 is 0 Å². The molecule has 0 saturated heterocycles. The highest BCUT2D eigenvalue weighted by atomic mass is 16.5. The Balaban J connectivity index is 3.93. The molecule has 2 N–H and O–H groups in total. The molecular weight excluding hydrogens is 202 g/mol. The number of rotatable bonds is 8. The lowest BCUT2D eigenvalue weighted by Gasteiger charge is -2.32. The van der Waals surface area contributed by atoms with Crippen LogP contribution >= 0.6 is 0 Å². The van der Waals surface area contributed by atoms with Crippen LogP contribution in [0.5, 0.6) is 0 Å². The molecule has 3 nitrogen and oxygen atoms in total. The van der Waals surface area contributed by atoms with Crippen LogP contribution in [-0.4, -0.2) is 36.0 Å². The van der Waals surface area contributed by atoms with Crippen molar-refractivity contribution in [1.29, 1.82) is 0 Å². The fraction of sp³-hybridized carbons (Fsp3) is 1.00. The van der Waals surface area contributed by atoms with Crippen LogP contribution in [0.1, 0.15) is 53.9 Å². The maximum Gasteiger partial charge on any atom is 0.0613 e. The molecule has 1 unspecified atom stereocenters. The van der Waals surface area contributed by atoms with Gasteiger partial charge in [0.1, 0.15) is 0 Å². The SMILES string of the molecule is CCNC(CC)(CO)CCCOC(C)(C)C. The monoisotopic (exact) mass is 231 g/mol. The van der Waals surface area contributed by atoms with Crippen LogP contribution in [0.3, 0.4) is 0 Å². The van der Waals surface area contributed by atoms with E-state index in [2.05, 4.69) is 39.9 Å². The lowest BCUT2D eigenvalue weighted by Crippen LogP contribution is -2.48. The summed E-state index contributed by atoms with van der Waals surface area (Å²) in [5.74, 6) is 0. The Morgan fingerprint density at radius 2 is 1.81 bits per heavy atom. The van der Waals surface area contributed by atoms with Crippen LogP contribution in [0.4, 0.5) is 0 Å². The number of aliphatic hydroxyl groups excluding tert-OH is 1. The molecule has 0 rings (SSSR count). The fourth-order valence-corrected chi connectivity index (χ4v) is 1.80. The van der Waals surface area contributed by atoms with Crippen molar-refractivity contribution in [3.05, 3.63) is 0 Å². The quantitative estimate of drug-likeness (QED) is 0.630. The molecule has 0 aromatic heterocycles. The highest BCUT2D eigenvalue weighted by Crippen LogP contribution is 2.18. The number of likely N-dealkylation sites (N-methyl/N-ethyl adjacent to an activating group) is 1. The van der Waals surface area contributed by atoms with Crippen LogP contribution < -0.4 is 5.32 Å². The topological polar surface area (TPSA) is 41.5 Å². The second-order valence-electron chi connectivity index (χ2n) is 5.39. The molecule has 1 atom stereocenters. The largest absolute Gasteiger partial charge is 0.394 e. The van der Waals surface area contributed by atoms with Gasteiger partial charge in [0, 0.05) is 12.1 Å². The minimum atomic E-state index is -0.115. The Morgan fingerprint density at radius 1 is 1.19 bits per heavy atom. The Morgan fingerprint density at radius 3 is 2.19 bits per heavy atom. The second-order valence-corrected chi connectivity index (χ2v) is 5.39. The van der Waals surface area contributed by atoms with Crippen LogP contribution in [0.2, 0.25) is 0 Å². The molecule has 0 saturated carbocycles. The number of hydrogen-bond acceptors (Lipinski definition) is 3. The Labute approximate surface area is 101 Å². The summed E-state index contributed by atoms with van der Waals surface area (Å²) in [6.45, 7) is 12.2. The van der Waals surface area contributed by atoms with Gasteiger partial charge in [-0.1, -0.05) is 13.8 Å². The zero-order valence-electron chi connectivity index (χ0n) is 11.6. The first-order valence-corrected chi connectivity index (χ1v) is 6.39. The molecule has 0 aromatic carbocycles. The zero-order chi connectivity index (χ0) is 12.7. The molecule has 0 aliphatic heterocycles. The van der Waals surface area contributed by atoms with Crippen molar-refractivity contribution in [2.75, 3.05) is 19.8 Å². The van der Waals surface area contributed by atoms with Gasteiger partial charge in [0.05, 0.1) is 12.2 Å². The van der Waals surface area contributed by atoms with Crippen LogP contribution in [0.25, 0.3) is 0 Å². The van der Waals surface area contributed by atoms with Crippen molar-refractivity contribution < 1.29 is 9.84 Å². The third kappa shape index (κ3) is 6.46. The van der Waals surface area contributed by atoms with E-state index in [1.165, 1.54) is 0 Å². The van der Waals surface area contributed by atoms with Crippen molar-refractivity contribution >= 4 is 0 Å². The van der Waals surface area contributed by atoms with Gasteiger partial charge in [-0.05, 0) is 46.6 Å². The van der Waals surface area contributed by atoms with Crippen molar-refractivity contribution in [3.8, 4) is 0 Å². The van der Waals surface area contributed by atoms with Gasteiger partial charge in [-0.3, -0.25) is 0 Å². The predicted octanol–water partition coefficient (Wildman–Crippen LogP) is 2.33. The van der Waals surface area contributed by atoms with E-state index in [4.69, 9.17) is 4.74 Å². The second kappa shape index (κ2) is 7.25. The third-order valence-corrected chi connectivity index (χ3v) is 2.87. The molecule has 0 bridgehead atoms. The fourth-order valence-electron chi connectivity index (χ4n) is 1.80. The average molecular weight is 231 g/mol. The van der Waals surface area contributed by atoms with Crippen LogP contribution in [0, 0.1) is 0 Å². The average Bonchev–Trinajstić information content (AvgIpc) is 2.21. The first kappa shape index (κ1) is 15.9. The summed E-state index contributed by atoms with van der Waals surface area (Å²) in [5, 5.41) is 12.9. The van der Waals surface area contributed by atoms with Gasteiger partial charge in [0.25, 0.3) is 0 Å². The molecule has 0 amide bonds. The minimum absolute atomic E-state index is 0.0632. The molecule has 3 heteroatoms. The summed E-state index contributed by atoms with van der Waals surface area (Å²) in [6, 6.07) is 0. The first-order chi connectivity index (χ1) is 7.39. The molecule has 0 heterocycles. The van der Waals surface area contributed by atoms with Crippen molar-refractivity contribution in [1.82, 2.24) is 5.32 Å². The summed E-state index contributed by atoms with van der Waals surface area (Å²) < 4.78 is 5.68. The Kier molecular flexibility index (Phi) is 7.20. The third-order valence-electron chi connectivity index (χ3n) is 2.87. The molecule has 98 valence electrons.